The summed E-state index contributed by atoms with van der Waals surface area (Å²) in [6.07, 6.45) is 2.22. The normalized spacial score (nSPS) is 16.0. The number of hydrogen-bond donors (Lipinski definition) is 3. The predicted molar refractivity (Wildman–Crippen MR) is 95.3 cm³/mol. The van der Waals surface area contributed by atoms with Crippen LogP contribution in [0.1, 0.15) is 28.8 Å². The van der Waals surface area contributed by atoms with E-state index in [0.29, 0.717) is 25.1 Å². The van der Waals surface area contributed by atoms with Crippen LogP contribution in [-0.4, -0.2) is 45.2 Å². The van der Waals surface area contributed by atoms with Gasteiger partial charge in [0.05, 0.1) is 12.0 Å². The van der Waals surface area contributed by atoms with Gasteiger partial charge in [-0.3, -0.25) is 9.59 Å². The minimum absolute atomic E-state index is 0. The first-order valence-corrected chi connectivity index (χ1v) is 7.94. The van der Waals surface area contributed by atoms with Crippen molar-refractivity contribution < 1.29 is 14.3 Å². The van der Waals surface area contributed by atoms with E-state index in [1.807, 2.05) is 6.07 Å². The third kappa shape index (κ3) is 5.19. The molecule has 1 aliphatic rings. The highest BCUT2D eigenvalue weighted by Crippen LogP contribution is 2.29. The molecule has 0 saturated carbocycles. The fraction of sp³-hybridized carbons (Fsp3) is 0.529. The first-order valence-electron chi connectivity index (χ1n) is 7.94. The van der Waals surface area contributed by atoms with Gasteiger partial charge >= 0.3 is 0 Å². The molecule has 0 aliphatic carbocycles. The molecule has 134 valence electrons. The van der Waals surface area contributed by atoms with Crippen molar-refractivity contribution in [3.63, 3.8) is 0 Å². The first kappa shape index (κ1) is 20.4. The van der Waals surface area contributed by atoms with Crippen LogP contribution in [0.25, 0.3) is 0 Å². The molecule has 1 aromatic rings. The van der Waals surface area contributed by atoms with Crippen molar-refractivity contribution in [3.8, 4) is 0 Å². The Hall–Kier alpha value is -1.63. The second kappa shape index (κ2) is 9.61. The van der Waals surface area contributed by atoms with Crippen molar-refractivity contribution >= 4 is 24.2 Å². The molecule has 24 heavy (non-hydrogen) atoms. The molecule has 1 saturated heterocycles. The number of halogens is 1. The average molecular weight is 356 g/mol. The number of ether oxygens (including phenoxy) is 1. The second-order valence-electron chi connectivity index (χ2n) is 6.03. The predicted octanol–water partition coefficient (Wildman–Crippen LogP) is 0.882. The van der Waals surface area contributed by atoms with Gasteiger partial charge in [0, 0.05) is 19.2 Å². The van der Waals surface area contributed by atoms with Gasteiger partial charge in [-0.25, -0.2) is 0 Å². The molecule has 0 spiro atoms. The first-order chi connectivity index (χ1) is 11.1. The van der Waals surface area contributed by atoms with Gasteiger partial charge in [0.2, 0.25) is 11.8 Å². The van der Waals surface area contributed by atoms with Crippen LogP contribution in [-0.2, 0) is 16.0 Å². The van der Waals surface area contributed by atoms with Crippen LogP contribution in [0.2, 0.25) is 0 Å². The maximum Gasteiger partial charge on any atom is 0.248 e. The van der Waals surface area contributed by atoms with Crippen molar-refractivity contribution in [3.05, 3.63) is 35.4 Å². The number of nitrogens with two attached hydrogens (primary N) is 1. The Morgan fingerprint density at radius 1 is 1.33 bits per heavy atom. The summed E-state index contributed by atoms with van der Waals surface area (Å²) < 4.78 is 5.27. The highest BCUT2D eigenvalue weighted by molar-refractivity contribution is 5.92. The van der Waals surface area contributed by atoms with Gasteiger partial charge in [-0.15, -0.1) is 12.4 Å². The smallest absolute Gasteiger partial charge is 0.248 e. The minimum atomic E-state index is -0.440. The summed E-state index contributed by atoms with van der Waals surface area (Å²) in [5, 5.41) is 6.28. The van der Waals surface area contributed by atoms with Crippen molar-refractivity contribution in [1.29, 1.82) is 0 Å². The van der Waals surface area contributed by atoms with Crippen LogP contribution in [0.3, 0.4) is 0 Å². The van der Waals surface area contributed by atoms with Crippen LogP contribution in [0.5, 0.6) is 0 Å². The third-order valence-electron chi connectivity index (χ3n) is 4.37. The lowest BCUT2D eigenvalue weighted by Crippen LogP contribution is -2.50. The molecular formula is C17H26ClN3O3. The molecule has 4 N–H and O–H groups in total. The molecule has 0 bridgehead atoms. The zero-order valence-electron chi connectivity index (χ0n) is 14.0. The molecule has 7 heteroatoms. The van der Waals surface area contributed by atoms with E-state index in [2.05, 4.69) is 10.6 Å². The van der Waals surface area contributed by atoms with E-state index in [-0.39, 0.29) is 18.3 Å². The van der Waals surface area contributed by atoms with Crippen LogP contribution in [0.4, 0.5) is 0 Å². The number of methoxy groups -OCH3 is 1. The second-order valence-corrected chi connectivity index (χ2v) is 6.03. The largest absolute Gasteiger partial charge is 0.384 e. The summed E-state index contributed by atoms with van der Waals surface area (Å²) in [4.78, 5) is 23.8. The van der Waals surface area contributed by atoms with Gasteiger partial charge in [-0.1, -0.05) is 12.1 Å². The molecule has 1 fully saturated rings. The highest BCUT2D eigenvalue weighted by atomic mass is 35.5. The Balaban J connectivity index is 0.00000288. The van der Waals surface area contributed by atoms with Gasteiger partial charge in [0.25, 0.3) is 0 Å². The number of hydrogen-bond acceptors (Lipinski definition) is 4. The molecule has 1 heterocycles. The van der Waals surface area contributed by atoms with Crippen molar-refractivity contribution in [2.75, 3.05) is 33.4 Å². The van der Waals surface area contributed by atoms with Gasteiger partial charge in [0.1, 0.15) is 0 Å². The monoisotopic (exact) mass is 355 g/mol. The van der Waals surface area contributed by atoms with E-state index < -0.39 is 11.3 Å². The number of carbonyl (C=O) groups excluding carboxylic acids is 2. The summed E-state index contributed by atoms with van der Waals surface area (Å²) in [5.41, 5.74) is 6.31. The van der Waals surface area contributed by atoms with Crippen molar-refractivity contribution in [2.45, 2.75) is 19.3 Å². The van der Waals surface area contributed by atoms with E-state index in [1.165, 1.54) is 0 Å². The SMILES string of the molecule is COCC1(C(=O)NCCc2cccc(C(N)=O)c2)CCNCC1.Cl. The molecule has 2 rings (SSSR count). The number of primary amides is 1. The fourth-order valence-electron chi connectivity index (χ4n) is 3.01. The Bertz CT molecular complexity index is 554. The Morgan fingerprint density at radius 2 is 2.04 bits per heavy atom. The quantitative estimate of drug-likeness (QED) is 0.677. The van der Waals surface area contributed by atoms with E-state index in [4.69, 9.17) is 10.5 Å². The van der Waals surface area contributed by atoms with Crippen LogP contribution in [0.15, 0.2) is 24.3 Å². The number of piperidine rings is 1. The maximum atomic E-state index is 12.6. The Kier molecular flexibility index (Phi) is 8.18. The van der Waals surface area contributed by atoms with Crippen molar-refractivity contribution in [2.24, 2.45) is 11.1 Å². The average Bonchev–Trinajstić information content (AvgIpc) is 2.56. The van der Waals surface area contributed by atoms with Gasteiger partial charge < -0.3 is 21.1 Å². The summed E-state index contributed by atoms with van der Waals surface area (Å²) in [7, 11) is 1.63. The highest BCUT2D eigenvalue weighted by Gasteiger charge is 2.39. The lowest BCUT2D eigenvalue weighted by molar-refractivity contribution is -0.136. The standard InChI is InChI=1S/C17H25N3O3.ClH/c1-23-12-17(6-9-19-10-7-17)16(22)20-8-5-13-3-2-4-14(11-13)15(18)21;/h2-4,11,19H,5-10,12H2,1H3,(H2,18,21)(H,20,22);1H. The van der Waals surface area contributed by atoms with Crippen molar-refractivity contribution in [1.82, 2.24) is 10.6 Å². The summed E-state index contributed by atoms with van der Waals surface area (Å²) in [5.74, 6) is -0.392. The van der Waals surface area contributed by atoms with Crippen LogP contribution < -0.4 is 16.4 Å². The Morgan fingerprint density at radius 3 is 2.67 bits per heavy atom. The number of carbonyl (C=O) groups is 2. The molecule has 1 aliphatic heterocycles. The zero-order chi connectivity index (χ0) is 16.7. The number of amides is 2. The molecule has 0 atom stereocenters. The molecule has 1 aromatic carbocycles. The number of nitrogens with one attached hydrogen (secondary N) is 2. The summed E-state index contributed by atoms with van der Waals surface area (Å²) in [6.45, 7) is 2.63. The zero-order valence-corrected chi connectivity index (χ0v) is 14.8. The molecule has 0 aromatic heterocycles. The molecule has 0 unspecified atom stereocenters. The number of rotatable bonds is 7. The molecule has 2 amide bonds. The molecule has 6 nitrogen and oxygen atoms in total. The minimum Gasteiger partial charge on any atom is -0.384 e. The van der Waals surface area contributed by atoms with E-state index >= 15 is 0 Å². The topological polar surface area (TPSA) is 93.4 Å². The van der Waals surface area contributed by atoms with Crippen LogP contribution in [0, 0.1) is 5.41 Å². The maximum absolute atomic E-state index is 12.6. The van der Waals surface area contributed by atoms with Crippen LogP contribution >= 0.6 is 12.4 Å². The fourth-order valence-corrected chi connectivity index (χ4v) is 3.01. The summed E-state index contributed by atoms with van der Waals surface area (Å²) in [6, 6.07) is 7.18. The van der Waals surface area contributed by atoms with Gasteiger partial charge in [-0.05, 0) is 50.0 Å². The number of benzene rings is 1. The van der Waals surface area contributed by atoms with E-state index in [9.17, 15) is 9.59 Å². The van der Waals surface area contributed by atoms with E-state index in [1.54, 1.807) is 25.3 Å². The van der Waals surface area contributed by atoms with Gasteiger partial charge in [0.15, 0.2) is 0 Å². The lowest BCUT2D eigenvalue weighted by Gasteiger charge is -2.35. The third-order valence-corrected chi connectivity index (χ3v) is 4.37. The molecular weight excluding hydrogens is 330 g/mol. The van der Waals surface area contributed by atoms with Gasteiger partial charge in [-0.2, -0.15) is 0 Å². The van der Waals surface area contributed by atoms with E-state index in [0.717, 1.165) is 31.5 Å². The Labute approximate surface area is 148 Å². The summed E-state index contributed by atoms with van der Waals surface area (Å²) >= 11 is 0. The molecule has 0 radical (unpaired) electrons. The lowest BCUT2D eigenvalue weighted by atomic mass is 9.78.